The number of benzene rings is 1. The average molecular weight is 448 g/mol. The number of likely N-dealkylation sites (tertiary alicyclic amines) is 1. The van der Waals surface area contributed by atoms with Gasteiger partial charge >= 0.3 is 0 Å². The standard InChI is InChI=1S/C23H33N3O4S/c27-22(12-13-23(28)26-14-6-8-19-7-4-5-11-21(19)26)24-15-17-25(18-16-24)31(29,30)20-9-2-1-3-10-20/h1-3,9-10,19,21H,4-8,11-18H2. The lowest BCUT2D eigenvalue weighted by atomic mass is 9.78. The predicted octanol–water partition coefficient (Wildman–Crippen LogP) is 2.48. The minimum absolute atomic E-state index is 0.0534. The van der Waals surface area contributed by atoms with Gasteiger partial charge in [-0.1, -0.05) is 31.0 Å². The number of hydrogen-bond donors (Lipinski definition) is 0. The maximum Gasteiger partial charge on any atom is 0.243 e. The highest BCUT2D eigenvalue weighted by atomic mass is 32.2. The Kier molecular flexibility index (Phi) is 6.96. The van der Waals surface area contributed by atoms with Crippen LogP contribution in [0.1, 0.15) is 51.4 Å². The molecule has 31 heavy (non-hydrogen) atoms. The second-order valence-corrected chi connectivity index (χ2v) is 10.9. The van der Waals surface area contributed by atoms with Crippen molar-refractivity contribution in [2.75, 3.05) is 32.7 Å². The lowest BCUT2D eigenvalue weighted by Gasteiger charge is -2.44. The second-order valence-electron chi connectivity index (χ2n) is 8.94. The first-order chi connectivity index (χ1) is 15.0. The summed E-state index contributed by atoms with van der Waals surface area (Å²) in [6.45, 7) is 2.13. The highest BCUT2D eigenvalue weighted by Gasteiger charge is 2.36. The maximum atomic E-state index is 12.8. The Morgan fingerprint density at radius 3 is 2.19 bits per heavy atom. The number of sulfonamides is 1. The van der Waals surface area contributed by atoms with Gasteiger partial charge in [-0.3, -0.25) is 9.59 Å². The van der Waals surface area contributed by atoms with Gasteiger partial charge in [0.2, 0.25) is 21.8 Å². The van der Waals surface area contributed by atoms with Crippen LogP contribution in [0.2, 0.25) is 0 Å². The molecule has 2 amide bonds. The van der Waals surface area contributed by atoms with Crippen LogP contribution in [-0.4, -0.2) is 73.1 Å². The smallest absolute Gasteiger partial charge is 0.243 e. The molecule has 0 radical (unpaired) electrons. The quantitative estimate of drug-likeness (QED) is 0.695. The van der Waals surface area contributed by atoms with E-state index >= 15 is 0 Å². The molecule has 0 spiro atoms. The summed E-state index contributed by atoms with van der Waals surface area (Å²) in [6, 6.07) is 8.77. The Morgan fingerprint density at radius 2 is 1.45 bits per heavy atom. The molecular weight excluding hydrogens is 414 g/mol. The van der Waals surface area contributed by atoms with E-state index in [9.17, 15) is 18.0 Å². The molecule has 1 aromatic carbocycles. The summed E-state index contributed by atoms with van der Waals surface area (Å²) in [7, 11) is -3.53. The molecule has 2 saturated heterocycles. The Morgan fingerprint density at radius 1 is 0.806 bits per heavy atom. The molecule has 2 atom stereocenters. The van der Waals surface area contributed by atoms with E-state index in [0.29, 0.717) is 25.0 Å². The number of carbonyl (C=O) groups excluding carboxylic acids is 2. The summed E-state index contributed by atoms with van der Waals surface area (Å²) in [5, 5.41) is 0. The molecule has 1 aromatic rings. The zero-order valence-corrected chi connectivity index (χ0v) is 18.9. The van der Waals surface area contributed by atoms with Crippen molar-refractivity contribution < 1.29 is 18.0 Å². The molecule has 3 fully saturated rings. The molecule has 2 unspecified atom stereocenters. The number of carbonyl (C=O) groups is 2. The zero-order valence-electron chi connectivity index (χ0n) is 18.1. The van der Waals surface area contributed by atoms with Crippen molar-refractivity contribution in [1.82, 2.24) is 14.1 Å². The van der Waals surface area contributed by atoms with Crippen molar-refractivity contribution in [3.8, 4) is 0 Å². The van der Waals surface area contributed by atoms with Gasteiger partial charge in [-0.25, -0.2) is 8.42 Å². The maximum absolute atomic E-state index is 12.8. The fourth-order valence-corrected chi connectivity index (χ4v) is 6.81. The zero-order chi connectivity index (χ0) is 21.8. The van der Waals surface area contributed by atoms with Crippen LogP contribution in [0.15, 0.2) is 35.2 Å². The summed E-state index contributed by atoms with van der Waals surface area (Å²) in [5.74, 6) is 0.694. The van der Waals surface area contributed by atoms with Gasteiger partial charge < -0.3 is 9.80 Å². The number of piperazine rings is 1. The van der Waals surface area contributed by atoms with E-state index in [1.165, 1.54) is 30.0 Å². The van der Waals surface area contributed by atoms with E-state index in [1.54, 1.807) is 35.2 Å². The van der Waals surface area contributed by atoms with Gasteiger partial charge in [0.15, 0.2) is 0 Å². The fraction of sp³-hybridized carbons (Fsp3) is 0.652. The average Bonchev–Trinajstić information content (AvgIpc) is 2.82. The molecule has 2 heterocycles. The third-order valence-electron chi connectivity index (χ3n) is 7.09. The number of nitrogens with zero attached hydrogens (tertiary/aromatic N) is 3. The van der Waals surface area contributed by atoms with E-state index in [1.807, 2.05) is 4.90 Å². The monoisotopic (exact) mass is 447 g/mol. The Labute approximate surface area is 185 Å². The van der Waals surface area contributed by atoms with Crippen LogP contribution in [-0.2, 0) is 19.6 Å². The van der Waals surface area contributed by atoms with E-state index in [-0.39, 0.29) is 42.6 Å². The molecule has 8 heteroatoms. The van der Waals surface area contributed by atoms with Gasteiger partial charge in [0.1, 0.15) is 0 Å². The van der Waals surface area contributed by atoms with Crippen LogP contribution in [0.25, 0.3) is 0 Å². The Hall–Kier alpha value is -1.93. The first-order valence-electron chi connectivity index (χ1n) is 11.6. The van der Waals surface area contributed by atoms with Crippen molar-refractivity contribution in [2.45, 2.75) is 62.3 Å². The molecule has 0 bridgehead atoms. The molecule has 7 nitrogen and oxygen atoms in total. The molecule has 1 aliphatic carbocycles. The van der Waals surface area contributed by atoms with Crippen molar-refractivity contribution in [2.24, 2.45) is 5.92 Å². The predicted molar refractivity (Wildman–Crippen MR) is 118 cm³/mol. The third-order valence-corrected chi connectivity index (χ3v) is 9.00. The number of piperidine rings is 1. The van der Waals surface area contributed by atoms with Gasteiger partial charge in [0.05, 0.1) is 4.90 Å². The summed E-state index contributed by atoms with van der Waals surface area (Å²) < 4.78 is 26.9. The van der Waals surface area contributed by atoms with Gasteiger partial charge in [-0.2, -0.15) is 4.31 Å². The first kappa shape index (κ1) is 22.3. The summed E-state index contributed by atoms with van der Waals surface area (Å²) in [4.78, 5) is 29.6. The summed E-state index contributed by atoms with van der Waals surface area (Å²) >= 11 is 0. The molecule has 2 aliphatic heterocycles. The highest BCUT2D eigenvalue weighted by Crippen LogP contribution is 2.35. The minimum atomic E-state index is -3.53. The van der Waals surface area contributed by atoms with E-state index in [2.05, 4.69) is 0 Å². The van der Waals surface area contributed by atoms with Gasteiger partial charge in [0.25, 0.3) is 0 Å². The number of amides is 2. The third kappa shape index (κ3) is 4.95. The Balaban J connectivity index is 1.26. The molecular formula is C23H33N3O4S. The molecule has 0 N–H and O–H groups in total. The summed E-state index contributed by atoms with van der Waals surface area (Å²) in [5.41, 5.74) is 0. The van der Waals surface area contributed by atoms with Crippen molar-refractivity contribution in [3.63, 3.8) is 0 Å². The largest absolute Gasteiger partial charge is 0.340 e. The van der Waals surface area contributed by atoms with Crippen molar-refractivity contribution in [3.05, 3.63) is 30.3 Å². The minimum Gasteiger partial charge on any atom is -0.340 e. The molecule has 4 rings (SSSR count). The van der Waals surface area contributed by atoms with E-state index < -0.39 is 10.0 Å². The van der Waals surface area contributed by atoms with Crippen LogP contribution in [0.5, 0.6) is 0 Å². The second kappa shape index (κ2) is 9.69. The number of hydrogen-bond acceptors (Lipinski definition) is 4. The van der Waals surface area contributed by atoms with Gasteiger partial charge in [-0.05, 0) is 43.7 Å². The molecule has 170 valence electrons. The molecule has 0 aromatic heterocycles. The van der Waals surface area contributed by atoms with Crippen LogP contribution in [0.3, 0.4) is 0 Å². The lowest BCUT2D eigenvalue weighted by molar-refractivity contribution is -0.141. The summed E-state index contributed by atoms with van der Waals surface area (Å²) in [6.07, 6.45) is 7.55. The van der Waals surface area contributed by atoms with Crippen LogP contribution in [0.4, 0.5) is 0 Å². The number of rotatable bonds is 5. The molecule has 3 aliphatic rings. The molecule has 1 saturated carbocycles. The first-order valence-corrected chi connectivity index (χ1v) is 13.0. The van der Waals surface area contributed by atoms with E-state index in [4.69, 9.17) is 0 Å². The van der Waals surface area contributed by atoms with Gasteiger partial charge in [0, 0.05) is 51.6 Å². The SMILES string of the molecule is O=C(CCC(=O)N1CCCC2CCCCC21)N1CCN(S(=O)(=O)c2ccccc2)CC1. The lowest BCUT2D eigenvalue weighted by Crippen LogP contribution is -2.51. The number of fused-ring (bicyclic) bond motifs is 1. The highest BCUT2D eigenvalue weighted by molar-refractivity contribution is 7.89. The fourth-order valence-electron chi connectivity index (χ4n) is 5.37. The van der Waals surface area contributed by atoms with Crippen molar-refractivity contribution >= 4 is 21.8 Å². The van der Waals surface area contributed by atoms with Crippen LogP contribution >= 0.6 is 0 Å². The topological polar surface area (TPSA) is 78.0 Å². The van der Waals surface area contributed by atoms with Crippen molar-refractivity contribution in [1.29, 1.82) is 0 Å². The Bertz CT molecular complexity index is 879. The normalized spacial score (nSPS) is 25.2. The van der Waals surface area contributed by atoms with Crippen LogP contribution < -0.4 is 0 Å². The van der Waals surface area contributed by atoms with Crippen LogP contribution in [0, 0.1) is 5.92 Å². The van der Waals surface area contributed by atoms with E-state index in [0.717, 1.165) is 19.4 Å². The van der Waals surface area contributed by atoms with Gasteiger partial charge in [-0.15, -0.1) is 0 Å².